The Hall–Kier alpha value is -0.0303. The first-order chi connectivity index (χ1) is 4.84. The van der Waals surface area contributed by atoms with Crippen molar-refractivity contribution >= 4 is 0 Å². The molecule has 11 heavy (non-hydrogen) atoms. The van der Waals surface area contributed by atoms with Gasteiger partial charge in [-0.05, 0) is 12.5 Å². The van der Waals surface area contributed by atoms with Gasteiger partial charge in [-0.1, -0.05) is 30.3 Å². The van der Waals surface area contributed by atoms with Crippen LogP contribution in [0.3, 0.4) is 0 Å². The van der Waals surface area contributed by atoms with Crippen LogP contribution in [0.4, 0.5) is 0 Å². The Kier molecular flexibility index (Phi) is 5.58. The maximum absolute atomic E-state index is 8.54. The van der Waals surface area contributed by atoms with Gasteiger partial charge in [-0.25, -0.2) is 0 Å². The van der Waals surface area contributed by atoms with E-state index < -0.39 is 0 Å². The zero-order chi connectivity index (χ0) is 7.40. The molecule has 0 saturated heterocycles. The molecule has 1 atom stereocenters. The number of hydrogen-bond acceptors (Lipinski definition) is 1. The molecule has 0 saturated carbocycles. The second kappa shape index (κ2) is 5.60. The summed E-state index contributed by atoms with van der Waals surface area (Å²) >= 11 is 0. The average Bonchev–Trinajstić information content (AvgIpc) is 2.05. The Morgan fingerprint density at radius 3 is 2.27 bits per heavy atom. The third-order valence-corrected chi connectivity index (χ3v) is 1.49. The van der Waals surface area contributed by atoms with E-state index in [9.17, 15) is 0 Å². The standard InChI is InChI=1S/C9H9N.Ar/c1-8(7-10)9-5-3-2-4-6-9;/h2-6,8H,1H3;. The van der Waals surface area contributed by atoms with Crippen LogP contribution in [0.2, 0.25) is 0 Å². The van der Waals surface area contributed by atoms with Crippen molar-refractivity contribution in [2.75, 3.05) is 0 Å². The molecule has 0 fully saturated rings. The van der Waals surface area contributed by atoms with Gasteiger partial charge >= 0.3 is 0 Å². The maximum Gasteiger partial charge on any atom is 0.0700 e. The predicted molar refractivity (Wildman–Crippen MR) is 40.5 cm³/mol. The molecular formula is C9H9ArN. The third-order valence-electron chi connectivity index (χ3n) is 1.49. The summed E-state index contributed by atoms with van der Waals surface area (Å²) in [7, 11) is 0. The SMILES string of the molecule is CC(C#N)c1ccccc1.[Ar]. The molecule has 1 aromatic rings. The van der Waals surface area contributed by atoms with Crippen molar-refractivity contribution in [2.24, 2.45) is 0 Å². The van der Waals surface area contributed by atoms with E-state index in [0.717, 1.165) is 5.56 Å². The van der Waals surface area contributed by atoms with Crippen molar-refractivity contribution < 1.29 is 37.7 Å². The minimum Gasteiger partial charge on any atom is -0.198 e. The Morgan fingerprint density at radius 1 is 1.27 bits per heavy atom. The molecule has 0 spiro atoms. The van der Waals surface area contributed by atoms with Crippen LogP contribution in [0.25, 0.3) is 0 Å². The summed E-state index contributed by atoms with van der Waals surface area (Å²) in [5.41, 5.74) is 1.09. The summed E-state index contributed by atoms with van der Waals surface area (Å²) in [6, 6.07) is 12.0. The molecule has 0 aromatic heterocycles. The van der Waals surface area contributed by atoms with Crippen LogP contribution in [0.15, 0.2) is 30.3 Å². The molecule has 58 valence electrons. The first-order valence-electron chi connectivity index (χ1n) is 3.29. The molecule has 0 aliphatic heterocycles. The van der Waals surface area contributed by atoms with E-state index in [1.165, 1.54) is 0 Å². The zero-order valence-electron chi connectivity index (χ0n) is 6.26. The molecule has 0 aliphatic carbocycles. The molecule has 0 heterocycles. The first kappa shape index (κ1) is 11.0. The summed E-state index contributed by atoms with van der Waals surface area (Å²) in [6.07, 6.45) is 0. The zero-order valence-corrected chi connectivity index (χ0v) is 6.97. The maximum atomic E-state index is 8.54. The van der Waals surface area contributed by atoms with Gasteiger partial charge in [0, 0.05) is 37.7 Å². The van der Waals surface area contributed by atoms with E-state index in [0.29, 0.717) is 0 Å². The van der Waals surface area contributed by atoms with E-state index in [-0.39, 0.29) is 43.7 Å². The van der Waals surface area contributed by atoms with Gasteiger partial charge in [0.15, 0.2) is 0 Å². The van der Waals surface area contributed by atoms with Crippen LogP contribution in [0.5, 0.6) is 0 Å². The summed E-state index contributed by atoms with van der Waals surface area (Å²) in [5.74, 6) is 0.0150. The number of benzene rings is 1. The molecule has 1 aromatic carbocycles. The van der Waals surface area contributed by atoms with Crippen molar-refractivity contribution in [1.29, 1.82) is 5.26 Å². The Bertz CT molecular complexity index is 237. The van der Waals surface area contributed by atoms with Gasteiger partial charge in [-0.3, -0.25) is 0 Å². The minimum atomic E-state index is 0. The molecule has 0 N–H and O–H groups in total. The molecule has 0 radical (unpaired) electrons. The van der Waals surface area contributed by atoms with Gasteiger partial charge < -0.3 is 0 Å². The van der Waals surface area contributed by atoms with E-state index in [4.69, 9.17) is 5.26 Å². The second-order valence-corrected chi connectivity index (χ2v) is 2.26. The fourth-order valence-corrected chi connectivity index (χ4v) is 0.816. The van der Waals surface area contributed by atoms with Gasteiger partial charge in [0.2, 0.25) is 0 Å². The number of hydrogen-bond donors (Lipinski definition) is 0. The molecule has 0 amide bonds. The largest absolute Gasteiger partial charge is 0.198 e. The van der Waals surface area contributed by atoms with Gasteiger partial charge in [0.05, 0.1) is 12.0 Å². The summed E-state index contributed by atoms with van der Waals surface area (Å²) in [6.45, 7) is 1.90. The molecule has 1 unspecified atom stereocenters. The van der Waals surface area contributed by atoms with Crippen molar-refractivity contribution in [3.05, 3.63) is 35.9 Å². The summed E-state index contributed by atoms with van der Waals surface area (Å²) in [4.78, 5) is 0. The topological polar surface area (TPSA) is 23.8 Å². The molecule has 1 rings (SSSR count). The molecule has 2 heteroatoms. The molecule has 0 bridgehead atoms. The Balaban J connectivity index is 0.000001000. The monoisotopic (exact) mass is 171 g/mol. The van der Waals surface area contributed by atoms with Gasteiger partial charge in [0.25, 0.3) is 0 Å². The van der Waals surface area contributed by atoms with Gasteiger partial charge in [-0.2, -0.15) is 5.26 Å². The normalized spacial score (nSPS) is 10.9. The fraction of sp³-hybridized carbons (Fsp3) is 0.222. The van der Waals surface area contributed by atoms with E-state index in [1.54, 1.807) is 0 Å². The van der Waals surface area contributed by atoms with Crippen LogP contribution >= 0.6 is 0 Å². The van der Waals surface area contributed by atoms with Crippen LogP contribution in [-0.2, 0) is 0 Å². The van der Waals surface area contributed by atoms with Gasteiger partial charge in [-0.15, -0.1) is 0 Å². The Morgan fingerprint density at radius 2 is 1.82 bits per heavy atom. The minimum absolute atomic E-state index is 0. The molecule has 0 aliphatic rings. The van der Waals surface area contributed by atoms with Gasteiger partial charge in [0.1, 0.15) is 0 Å². The fourth-order valence-electron chi connectivity index (χ4n) is 0.816. The van der Waals surface area contributed by atoms with Crippen LogP contribution < -0.4 is 0 Å². The van der Waals surface area contributed by atoms with Crippen molar-refractivity contribution in [3.63, 3.8) is 0 Å². The van der Waals surface area contributed by atoms with E-state index >= 15 is 0 Å². The first-order valence-corrected chi connectivity index (χ1v) is 3.29. The predicted octanol–water partition coefficient (Wildman–Crippen LogP) is 2.31. The van der Waals surface area contributed by atoms with Crippen LogP contribution in [0.1, 0.15) is 18.4 Å². The number of rotatable bonds is 1. The smallest absolute Gasteiger partial charge is 0.0700 e. The molecule has 1 nitrogen and oxygen atoms in total. The molecular weight excluding hydrogens is 162 g/mol. The van der Waals surface area contributed by atoms with Crippen molar-refractivity contribution in [1.82, 2.24) is 0 Å². The number of nitriles is 1. The van der Waals surface area contributed by atoms with Crippen molar-refractivity contribution in [2.45, 2.75) is 12.8 Å². The average molecular weight is 171 g/mol. The second-order valence-electron chi connectivity index (χ2n) is 2.26. The Labute approximate surface area is 97.0 Å². The number of nitrogens with zero attached hydrogens (tertiary/aromatic N) is 1. The summed E-state index contributed by atoms with van der Waals surface area (Å²) in [5, 5.41) is 8.54. The van der Waals surface area contributed by atoms with E-state index in [1.807, 2.05) is 37.3 Å². The summed E-state index contributed by atoms with van der Waals surface area (Å²) < 4.78 is 0. The quantitative estimate of drug-likeness (QED) is 0.636. The van der Waals surface area contributed by atoms with E-state index in [2.05, 4.69) is 6.07 Å². The third kappa shape index (κ3) is 3.24. The van der Waals surface area contributed by atoms with Crippen molar-refractivity contribution in [3.8, 4) is 6.07 Å². The van der Waals surface area contributed by atoms with Crippen LogP contribution in [-0.4, -0.2) is 0 Å². The van der Waals surface area contributed by atoms with Crippen LogP contribution in [0, 0.1) is 49.1 Å².